The van der Waals surface area contributed by atoms with Crippen LogP contribution in [0.25, 0.3) is 0 Å². The van der Waals surface area contributed by atoms with Gasteiger partial charge in [-0.05, 0) is 56.2 Å². The number of benzene rings is 3. The van der Waals surface area contributed by atoms with Crippen molar-refractivity contribution in [3.63, 3.8) is 0 Å². The molecule has 1 amide bonds. The predicted molar refractivity (Wildman–Crippen MR) is 157 cm³/mol. The van der Waals surface area contributed by atoms with E-state index in [4.69, 9.17) is 18.5 Å². The van der Waals surface area contributed by atoms with Crippen molar-refractivity contribution in [2.45, 2.75) is 52.0 Å². The number of amides is 1. The van der Waals surface area contributed by atoms with Crippen LogP contribution in [0.15, 0.2) is 78.9 Å². The van der Waals surface area contributed by atoms with Crippen LogP contribution in [0.2, 0.25) is 0 Å². The third-order valence-corrected chi connectivity index (χ3v) is 7.33. The molecule has 0 aliphatic heterocycles. The number of nitrogens with one attached hydrogen (secondary N) is 2. The van der Waals surface area contributed by atoms with Gasteiger partial charge in [-0.15, -0.1) is 0 Å². The van der Waals surface area contributed by atoms with Gasteiger partial charge in [0.15, 0.2) is 0 Å². The average Bonchev–Trinajstić information content (AvgIpc) is 2.97. The number of hydrogen-bond donors (Lipinski definition) is 3. The summed E-state index contributed by atoms with van der Waals surface area (Å²) >= 11 is 0. The Bertz CT molecular complexity index is 1480. The Hall–Kier alpha value is -4.94. The van der Waals surface area contributed by atoms with E-state index in [1.165, 1.54) is 43.3 Å². The van der Waals surface area contributed by atoms with Crippen molar-refractivity contribution >= 4 is 31.5 Å². The third kappa shape index (κ3) is 10.7. The van der Waals surface area contributed by atoms with Crippen molar-refractivity contribution in [3.8, 4) is 11.5 Å². The van der Waals surface area contributed by atoms with Gasteiger partial charge in [-0.25, -0.2) is 14.2 Å². The number of carbonyl (C=O) groups is 3. The number of aliphatic carboxylic acids is 1. The maximum atomic E-state index is 13.8. The van der Waals surface area contributed by atoms with Gasteiger partial charge in [0.2, 0.25) is 0 Å². The van der Waals surface area contributed by atoms with E-state index < -0.39 is 48.9 Å². The number of rotatable bonds is 15. The van der Waals surface area contributed by atoms with Gasteiger partial charge in [0.25, 0.3) is 5.69 Å². The molecule has 0 aromatic heterocycles. The molecule has 234 valence electrons. The molecule has 44 heavy (non-hydrogen) atoms. The Morgan fingerprint density at radius 1 is 0.886 bits per heavy atom. The first kappa shape index (κ1) is 33.6. The van der Waals surface area contributed by atoms with Gasteiger partial charge in [0.1, 0.15) is 30.2 Å². The second-order valence-electron chi connectivity index (χ2n) is 9.71. The normalized spacial score (nSPS) is 13.5. The van der Waals surface area contributed by atoms with Gasteiger partial charge in [0, 0.05) is 18.6 Å². The Kier molecular flexibility index (Phi) is 11.8. The largest absolute Gasteiger partial charge is 0.513 e. The first-order chi connectivity index (χ1) is 20.8. The zero-order chi connectivity index (χ0) is 32.3. The number of nitro groups is 1. The maximum Gasteiger partial charge on any atom is 0.513 e. The van der Waals surface area contributed by atoms with E-state index in [0.717, 1.165) is 17.7 Å². The third-order valence-electron chi connectivity index (χ3n) is 5.72. The number of nitrogens with zero attached hydrogens (tertiary/aromatic N) is 1. The number of alkyl carbamates (subject to hydrolysis) is 1. The highest BCUT2D eigenvalue weighted by atomic mass is 31.2. The molecule has 0 fully saturated rings. The molecule has 3 aromatic rings. The highest BCUT2D eigenvalue weighted by molar-refractivity contribution is 7.52. The summed E-state index contributed by atoms with van der Waals surface area (Å²) in [5.74, 6) is -2.02. The lowest BCUT2D eigenvalue weighted by atomic mass is 10.1. The fourth-order valence-corrected chi connectivity index (χ4v) is 5.15. The molecule has 3 aromatic carbocycles. The molecular formula is C29H32N3O11P. The molecule has 0 aliphatic carbocycles. The minimum atomic E-state index is -4.35. The van der Waals surface area contributed by atoms with Crippen LogP contribution in [-0.4, -0.2) is 46.2 Å². The molecule has 0 spiro atoms. The van der Waals surface area contributed by atoms with E-state index in [1.54, 1.807) is 38.1 Å². The summed E-state index contributed by atoms with van der Waals surface area (Å²) < 4.78 is 35.2. The van der Waals surface area contributed by atoms with E-state index in [1.807, 2.05) is 6.07 Å². The SMILES string of the molecule is CC(C)OC(=O)[C@H](C)NP(=O)(Oc1ccc(C[C@H](NC(=O)OCc2ccccc2)C(=O)O)cc1)Oc1ccc([N+](=O)[O-])cc1. The Morgan fingerprint density at radius 2 is 1.45 bits per heavy atom. The lowest BCUT2D eigenvalue weighted by Gasteiger charge is -2.23. The summed E-state index contributed by atoms with van der Waals surface area (Å²) in [7, 11) is -4.35. The molecule has 15 heteroatoms. The van der Waals surface area contributed by atoms with Gasteiger partial charge in [0.05, 0.1) is 11.0 Å². The van der Waals surface area contributed by atoms with Crippen molar-refractivity contribution < 1.29 is 47.5 Å². The molecule has 3 atom stereocenters. The summed E-state index contributed by atoms with van der Waals surface area (Å²) in [5, 5.41) is 25.4. The summed E-state index contributed by atoms with van der Waals surface area (Å²) in [5.41, 5.74) is 1.01. The lowest BCUT2D eigenvalue weighted by molar-refractivity contribution is -0.384. The summed E-state index contributed by atoms with van der Waals surface area (Å²) in [6.45, 7) is 4.66. The van der Waals surface area contributed by atoms with Crippen molar-refractivity contribution in [3.05, 3.63) is 100 Å². The topological polar surface area (TPSA) is 193 Å². The number of hydrogen-bond acceptors (Lipinski definition) is 10. The number of esters is 1. The molecule has 0 bridgehead atoms. The highest BCUT2D eigenvalue weighted by Crippen LogP contribution is 2.45. The second-order valence-corrected chi connectivity index (χ2v) is 11.3. The number of non-ortho nitro benzene ring substituents is 1. The van der Waals surface area contributed by atoms with E-state index in [2.05, 4.69) is 10.4 Å². The number of nitro benzene ring substituents is 1. The first-order valence-corrected chi connectivity index (χ1v) is 14.9. The molecule has 0 radical (unpaired) electrons. The molecule has 3 N–H and O–H groups in total. The lowest BCUT2D eigenvalue weighted by Crippen LogP contribution is -2.42. The van der Waals surface area contributed by atoms with Crippen LogP contribution >= 0.6 is 7.75 Å². The summed E-state index contributed by atoms with van der Waals surface area (Å²) in [6.07, 6.45) is -1.45. The molecular weight excluding hydrogens is 597 g/mol. The van der Waals surface area contributed by atoms with E-state index in [-0.39, 0.29) is 30.2 Å². The molecule has 14 nitrogen and oxygen atoms in total. The van der Waals surface area contributed by atoms with Crippen LogP contribution in [0.5, 0.6) is 11.5 Å². The second kappa shape index (κ2) is 15.5. The summed E-state index contributed by atoms with van der Waals surface area (Å²) in [6, 6.07) is 17.0. The van der Waals surface area contributed by atoms with Crippen molar-refractivity contribution in [1.82, 2.24) is 10.4 Å². The number of ether oxygens (including phenoxy) is 2. The molecule has 0 saturated carbocycles. The zero-order valence-corrected chi connectivity index (χ0v) is 25.0. The summed E-state index contributed by atoms with van der Waals surface area (Å²) in [4.78, 5) is 46.7. The Labute approximate surface area is 253 Å². The average molecular weight is 630 g/mol. The number of carboxylic acid groups (broad SMARTS) is 1. The van der Waals surface area contributed by atoms with Crippen molar-refractivity contribution in [1.29, 1.82) is 0 Å². The molecule has 1 unspecified atom stereocenters. The minimum Gasteiger partial charge on any atom is -0.480 e. The van der Waals surface area contributed by atoms with Crippen LogP contribution in [0.3, 0.4) is 0 Å². The van der Waals surface area contributed by atoms with Gasteiger partial charge < -0.3 is 28.9 Å². The van der Waals surface area contributed by atoms with Gasteiger partial charge in [-0.2, -0.15) is 5.09 Å². The zero-order valence-electron chi connectivity index (χ0n) is 24.1. The molecule has 0 aliphatic rings. The smallest absolute Gasteiger partial charge is 0.480 e. The van der Waals surface area contributed by atoms with Crippen LogP contribution in [-0.2, 0) is 36.7 Å². The fourth-order valence-electron chi connectivity index (χ4n) is 3.63. The number of carbonyl (C=O) groups excluding carboxylic acids is 2. The minimum absolute atomic E-state index is 0.0260. The van der Waals surface area contributed by atoms with Crippen LogP contribution in [0, 0.1) is 10.1 Å². The molecule has 0 heterocycles. The molecule has 0 saturated heterocycles. The van der Waals surface area contributed by atoms with Crippen molar-refractivity contribution in [2.75, 3.05) is 0 Å². The fraction of sp³-hybridized carbons (Fsp3) is 0.276. The van der Waals surface area contributed by atoms with Crippen molar-refractivity contribution in [2.24, 2.45) is 0 Å². The standard InChI is InChI=1S/C29H32N3O11P/c1-19(2)41-28(35)20(3)31-44(39,43-25-15-11-23(12-16-25)32(37)38)42-24-13-9-21(10-14-24)17-26(27(33)34)30-29(36)40-18-22-7-5-4-6-8-22/h4-16,19-20,26H,17-18H2,1-3H3,(H,30,36)(H,31,39)(H,33,34)/t20-,26-,44?/m0/s1. The Morgan fingerprint density at radius 3 is 1.98 bits per heavy atom. The number of carboxylic acids is 1. The van der Waals surface area contributed by atoms with Crippen LogP contribution < -0.4 is 19.5 Å². The van der Waals surface area contributed by atoms with Gasteiger partial charge in [-0.3, -0.25) is 14.9 Å². The monoisotopic (exact) mass is 629 g/mol. The first-order valence-electron chi connectivity index (χ1n) is 13.3. The maximum absolute atomic E-state index is 13.8. The van der Waals surface area contributed by atoms with E-state index >= 15 is 0 Å². The van der Waals surface area contributed by atoms with E-state index in [0.29, 0.717) is 5.56 Å². The van der Waals surface area contributed by atoms with Gasteiger partial charge >= 0.3 is 25.8 Å². The molecule has 3 rings (SSSR count). The Balaban J connectivity index is 1.70. The van der Waals surface area contributed by atoms with Crippen LogP contribution in [0.1, 0.15) is 31.9 Å². The predicted octanol–water partition coefficient (Wildman–Crippen LogP) is 5.01. The highest BCUT2D eigenvalue weighted by Gasteiger charge is 2.34. The quantitative estimate of drug-likeness (QED) is 0.0882. The van der Waals surface area contributed by atoms with Gasteiger partial charge in [-0.1, -0.05) is 42.5 Å². The van der Waals surface area contributed by atoms with E-state index in [9.17, 15) is 34.2 Å². The van der Waals surface area contributed by atoms with Crippen LogP contribution in [0.4, 0.5) is 10.5 Å².